The number of benzene rings is 2. The molecule has 2 rings (SSSR count). The van der Waals surface area contributed by atoms with Gasteiger partial charge in [0.25, 0.3) is 5.92 Å². The summed E-state index contributed by atoms with van der Waals surface area (Å²) >= 11 is 0. The third-order valence-corrected chi connectivity index (χ3v) is 2.93. The Bertz CT molecular complexity index is 554. The molecular formula is C14H15F2NO. The minimum Gasteiger partial charge on any atom is -0.496 e. The third kappa shape index (κ3) is 2.16. The molecule has 2 nitrogen and oxygen atoms in total. The quantitative estimate of drug-likeness (QED) is 0.905. The second-order valence-electron chi connectivity index (χ2n) is 4.11. The maximum Gasteiger partial charge on any atom is 0.278 e. The molecule has 4 heteroatoms. The molecule has 0 amide bonds. The Labute approximate surface area is 104 Å². The highest BCUT2D eigenvalue weighted by Gasteiger charge is 2.35. The largest absolute Gasteiger partial charge is 0.496 e. The highest BCUT2D eigenvalue weighted by atomic mass is 19.3. The van der Waals surface area contributed by atoms with Crippen LogP contribution >= 0.6 is 0 Å². The first-order valence-corrected chi connectivity index (χ1v) is 5.74. The zero-order valence-electron chi connectivity index (χ0n) is 10.1. The van der Waals surface area contributed by atoms with E-state index < -0.39 is 12.3 Å². The van der Waals surface area contributed by atoms with E-state index in [1.807, 2.05) is 6.07 Å². The smallest absolute Gasteiger partial charge is 0.278 e. The standard InChI is InChI=1S/C14H15F2NO/c1-18-12-7-6-10-4-2-3-5-11(10)13(12)14(15,16)8-9-17/h2-7H,8-9,17H2,1H3. The summed E-state index contributed by atoms with van der Waals surface area (Å²) in [5, 5.41) is 1.28. The molecule has 18 heavy (non-hydrogen) atoms. The Morgan fingerprint density at radius 3 is 2.56 bits per heavy atom. The molecule has 0 bridgehead atoms. The highest BCUT2D eigenvalue weighted by molar-refractivity contribution is 5.88. The fourth-order valence-corrected chi connectivity index (χ4v) is 2.11. The van der Waals surface area contributed by atoms with Crippen LogP contribution in [0.25, 0.3) is 10.8 Å². The van der Waals surface area contributed by atoms with Gasteiger partial charge in [-0.15, -0.1) is 0 Å². The zero-order valence-corrected chi connectivity index (χ0v) is 10.1. The average Bonchev–Trinajstić information content (AvgIpc) is 2.37. The van der Waals surface area contributed by atoms with Gasteiger partial charge in [-0.05, 0) is 23.4 Å². The van der Waals surface area contributed by atoms with Crippen LogP contribution in [0.15, 0.2) is 36.4 Å². The van der Waals surface area contributed by atoms with Crippen LogP contribution in [0.1, 0.15) is 12.0 Å². The number of rotatable bonds is 4. The summed E-state index contributed by atoms with van der Waals surface area (Å²) in [7, 11) is 1.39. The molecule has 2 N–H and O–H groups in total. The van der Waals surface area contributed by atoms with Crippen molar-refractivity contribution in [2.24, 2.45) is 5.73 Å². The Morgan fingerprint density at radius 1 is 1.17 bits per heavy atom. The number of alkyl halides is 2. The van der Waals surface area contributed by atoms with Crippen LogP contribution in [0.5, 0.6) is 5.75 Å². The Kier molecular flexibility index (Phi) is 3.48. The maximum absolute atomic E-state index is 14.2. The van der Waals surface area contributed by atoms with Crippen LogP contribution in [0.3, 0.4) is 0 Å². The number of halogens is 2. The average molecular weight is 251 g/mol. The van der Waals surface area contributed by atoms with Gasteiger partial charge in [0, 0.05) is 6.42 Å². The van der Waals surface area contributed by atoms with Gasteiger partial charge in [0.1, 0.15) is 5.75 Å². The Hall–Kier alpha value is -1.68. The molecule has 96 valence electrons. The lowest BCUT2D eigenvalue weighted by Crippen LogP contribution is -2.20. The van der Waals surface area contributed by atoms with Crippen molar-refractivity contribution in [1.82, 2.24) is 0 Å². The summed E-state index contributed by atoms with van der Waals surface area (Å²) in [4.78, 5) is 0. The SMILES string of the molecule is COc1ccc2ccccc2c1C(F)(F)CCN. The molecule has 0 aromatic heterocycles. The van der Waals surface area contributed by atoms with E-state index in [1.165, 1.54) is 7.11 Å². The summed E-state index contributed by atoms with van der Waals surface area (Å²) in [5.41, 5.74) is 5.19. The van der Waals surface area contributed by atoms with Crippen molar-refractivity contribution in [3.05, 3.63) is 42.0 Å². The summed E-state index contributed by atoms with van der Waals surface area (Å²) in [6.45, 7) is -0.0701. The van der Waals surface area contributed by atoms with Crippen LogP contribution < -0.4 is 10.5 Å². The number of methoxy groups -OCH3 is 1. The number of hydrogen-bond donors (Lipinski definition) is 1. The van der Waals surface area contributed by atoms with E-state index in [0.29, 0.717) is 5.39 Å². The Morgan fingerprint density at radius 2 is 1.89 bits per heavy atom. The number of hydrogen-bond acceptors (Lipinski definition) is 2. The highest BCUT2D eigenvalue weighted by Crippen LogP contribution is 2.41. The first-order chi connectivity index (χ1) is 8.60. The number of fused-ring (bicyclic) bond motifs is 1. The van der Waals surface area contributed by atoms with Crippen molar-refractivity contribution in [2.45, 2.75) is 12.3 Å². The van der Waals surface area contributed by atoms with Gasteiger partial charge in [-0.2, -0.15) is 0 Å². The van der Waals surface area contributed by atoms with Crippen molar-refractivity contribution < 1.29 is 13.5 Å². The van der Waals surface area contributed by atoms with Crippen LogP contribution in [0.2, 0.25) is 0 Å². The van der Waals surface area contributed by atoms with E-state index in [9.17, 15) is 8.78 Å². The Balaban J connectivity index is 2.72. The van der Waals surface area contributed by atoms with E-state index in [0.717, 1.165) is 5.39 Å². The van der Waals surface area contributed by atoms with Gasteiger partial charge < -0.3 is 10.5 Å². The first-order valence-electron chi connectivity index (χ1n) is 5.74. The fourth-order valence-electron chi connectivity index (χ4n) is 2.11. The van der Waals surface area contributed by atoms with Crippen LogP contribution in [0.4, 0.5) is 8.78 Å². The van der Waals surface area contributed by atoms with Crippen molar-refractivity contribution in [1.29, 1.82) is 0 Å². The van der Waals surface area contributed by atoms with Gasteiger partial charge in [-0.1, -0.05) is 30.3 Å². The minimum absolute atomic E-state index is 0.0701. The van der Waals surface area contributed by atoms with Crippen molar-refractivity contribution in [3.8, 4) is 5.75 Å². The second-order valence-corrected chi connectivity index (χ2v) is 4.11. The lowest BCUT2D eigenvalue weighted by molar-refractivity contribution is -0.0111. The normalized spacial score (nSPS) is 11.8. The molecule has 0 atom stereocenters. The molecule has 0 radical (unpaired) electrons. The molecular weight excluding hydrogens is 236 g/mol. The van der Waals surface area contributed by atoms with Crippen molar-refractivity contribution in [2.75, 3.05) is 13.7 Å². The number of nitrogens with two attached hydrogens (primary N) is 1. The van der Waals surface area contributed by atoms with Crippen LogP contribution in [-0.4, -0.2) is 13.7 Å². The van der Waals surface area contributed by atoms with Gasteiger partial charge in [0.15, 0.2) is 0 Å². The molecule has 2 aromatic carbocycles. The lowest BCUT2D eigenvalue weighted by atomic mass is 9.96. The van der Waals surface area contributed by atoms with Crippen LogP contribution in [-0.2, 0) is 5.92 Å². The minimum atomic E-state index is -2.99. The molecule has 0 spiro atoms. The molecule has 0 saturated carbocycles. The molecule has 0 aliphatic heterocycles. The summed E-state index contributed by atoms with van der Waals surface area (Å²) < 4.78 is 33.4. The van der Waals surface area contributed by atoms with Crippen molar-refractivity contribution >= 4 is 10.8 Å². The van der Waals surface area contributed by atoms with E-state index >= 15 is 0 Å². The number of ether oxygens (including phenoxy) is 1. The summed E-state index contributed by atoms with van der Waals surface area (Å²) in [6, 6.07) is 10.4. The van der Waals surface area contributed by atoms with E-state index in [-0.39, 0.29) is 17.9 Å². The molecule has 2 aromatic rings. The topological polar surface area (TPSA) is 35.2 Å². The van der Waals surface area contributed by atoms with Gasteiger partial charge in [-0.3, -0.25) is 0 Å². The van der Waals surface area contributed by atoms with E-state index in [2.05, 4.69) is 0 Å². The summed E-state index contributed by atoms with van der Waals surface area (Å²) in [6.07, 6.45) is -0.392. The molecule has 0 heterocycles. The van der Waals surface area contributed by atoms with Crippen molar-refractivity contribution in [3.63, 3.8) is 0 Å². The van der Waals surface area contributed by atoms with Gasteiger partial charge >= 0.3 is 0 Å². The molecule has 0 unspecified atom stereocenters. The van der Waals surface area contributed by atoms with Gasteiger partial charge in [0.05, 0.1) is 12.7 Å². The van der Waals surface area contributed by atoms with Crippen LogP contribution in [0, 0.1) is 0 Å². The molecule has 0 saturated heterocycles. The molecule has 0 aliphatic carbocycles. The first kappa shape index (κ1) is 12.8. The summed E-state index contributed by atoms with van der Waals surface area (Å²) in [5.74, 6) is -2.78. The third-order valence-electron chi connectivity index (χ3n) is 2.93. The molecule has 0 fully saturated rings. The molecule has 0 aliphatic rings. The van der Waals surface area contributed by atoms with Gasteiger partial charge in [-0.25, -0.2) is 8.78 Å². The zero-order chi connectivity index (χ0) is 13.2. The lowest BCUT2D eigenvalue weighted by Gasteiger charge is -2.20. The fraction of sp³-hybridized carbons (Fsp3) is 0.286. The van der Waals surface area contributed by atoms with Gasteiger partial charge in [0.2, 0.25) is 0 Å². The predicted molar refractivity (Wildman–Crippen MR) is 68.1 cm³/mol. The van der Waals surface area contributed by atoms with E-state index in [4.69, 9.17) is 10.5 Å². The second kappa shape index (κ2) is 4.90. The van der Waals surface area contributed by atoms with E-state index in [1.54, 1.807) is 30.3 Å². The maximum atomic E-state index is 14.2. The predicted octanol–water partition coefficient (Wildman–Crippen LogP) is 3.29. The monoisotopic (exact) mass is 251 g/mol.